The van der Waals surface area contributed by atoms with Gasteiger partial charge in [-0.1, -0.05) is 6.07 Å². The minimum absolute atomic E-state index is 0.199. The molecule has 1 aromatic carbocycles. The maximum atomic E-state index is 13.9. The monoisotopic (exact) mass is 446 g/mol. The molecule has 1 amide bonds. The second-order valence-electron chi connectivity index (χ2n) is 8.46. The van der Waals surface area contributed by atoms with E-state index in [4.69, 9.17) is 0 Å². The highest BCUT2D eigenvalue weighted by Crippen LogP contribution is 2.55. The summed E-state index contributed by atoms with van der Waals surface area (Å²) in [6, 6.07) is 9.06. The van der Waals surface area contributed by atoms with E-state index < -0.39 is 23.6 Å². The van der Waals surface area contributed by atoms with Crippen molar-refractivity contribution in [2.24, 2.45) is 5.41 Å². The van der Waals surface area contributed by atoms with Crippen LogP contribution in [-0.4, -0.2) is 43.8 Å². The zero-order valence-electron chi connectivity index (χ0n) is 16.7. The molecular formula is C22H18F4N4O2. The number of pyridine rings is 1. The number of carbonyl (C=O) groups excluding carboxylic acids is 1. The molecule has 166 valence electrons. The van der Waals surface area contributed by atoms with E-state index in [1.54, 1.807) is 18.2 Å². The predicted molar refractivity (Wildman–Crippen MR) is 105 cm³/mol. The number of aromatic nitrogens is 3. The number of carbonyl (C=O) groups is 1. The summed E-state index contributed by atoms with van der Waals surface area (Å²) >= 11 is 0. The summed E-state index contributed by atoms with van der Waals surface area (Å²) in [6.45, 7) is 0.757. The van der Waals surface area contributed by atoms with E-state index in [9.17, 15) is 27.5 Å². The molecule has 1 aliphatic heterocycles. The summed E-state index contributed by atoms with van der Waals surface area (Å²) in [5, 5.41) is 13.3. The van der Waals surface area contributed by atoms with E-state index in [0.717, 1.165) is 18.2 Å². The number of aromatic hydroxyl groups is 1. The highest BCUT2D eigenvalue weighted by Gasteiger charge is 2.55. The number of phenolic OH excluding ortho intramolecular Hbond substituents is 1. The van der Waals surface area contributed by atoms with Gasteiger partial charge in [-0.25, -0.2) is 4.39 Å². The number of halogens is 4. The molecule has 0 bridgehead atoms. The molecular weight excluding hydrogens is 428 g/mol. The van der Waals surface area contributed by atoms with E-state index in [1.807, 2.05) is 0 Å². The van der Waals surface area contributed by atoms with E-state index in [-0.39, 0.29) is 22.8 Å². The topological polar surface area (TPSA) is 71.2 Å². The van der Waals surface area contributed by atoms with Gasteiger partial charge in [0.05, 0.1) is 23.0 Å². The largest absolute Gasteiger partial charge is 0.508 e. The van der Waals surface area contributed by atoms with E-state index >= 15 is 0 Å². The van der Waals surface area contributed by atoms with Crippen molar-refractivity contribution in [1.82, 2.24) is 19.7 Å². The van der Waals surface area contributed by atoms with Crippen LogP contribution in [-0.2, 0) is 6.18 Å². The van der Waals surface area contributed by atoms with E-state index in [1.165, 1.54) is 21.8 Å². The summed E-state index contributed by atoms with van der Waals surface area (Å²) in [6.07, 6.45) is -1.95. The number of phenols is 1. The molecule has 3 heterocycles. The molecule has 2 fully saturated rings. The molecule has 10 heteroatoms. The van der Waals surface area contributed by atoms with Gasteiger partial charge in [-0.15, -0.1) is 0 Å². The van der Waals surface area contributed by atoms with Crippen LogP contribution in [0.15, 0.2) is 48.7 Å². The smallest absolute Gasteiger partial charge is 0.435 e. The van der Waals surface area contributed by atoms with Gasteiger partial charge in [0.1, 0.15) is 11.6 Å². The molecule has 5 rings (SSSR count). The first-order valence-electron chi connectivity index (χ1n) is 10.0. The zero-order valence-corrected chi connectivity index (χ0v) is 16.7. The summed E-state index contributed by atoms with van der Waals surface area (Å²) in [4.78, 5) is 18.2. The van der Waals surface area contributed by atoms with Crippen LogP contribution in [0, 0.1) is 11.2 Å². The first-order valence-corrected chi connectivity index (χ1v) is 10.0. The molecule has 3 aromatic rings. The minimum atomic E-state index is -4.57. The maximum absolute atomic E-state index is 13.9. The molecule has 32 heavy (non-hydrogen) atoms. The third kappa shape index (κ3) is 3.39. The molecule has 6 nitrogen and oxygen atoms in total. The van der Waals surface area contributed by atoms with Gasteiger partial charge in [-0.2, -0.15) is 18.3 Å². The van der Waals surface area contributed by atoms with Crippen LogP contribution in [0.4, 0.5) is 17.6 Å². The highest BCUT2D eigenvalue weighted by atomic mass is 19.4. The lowest BCUT2D eigenvalue weighted by Gasteiger charge is -2.59. The Morgan fingerprint density at radius 1 is 1.12 bits per heavy atom. The summed E-state index contributed by atoms with van der Waals surface area (Å²) in [7, 11) is 0. The quantitative estimate of drug-likeness (QED) is 0.610. The predicted octanol–water partition coefficient (Wildman–Crippen LogP) is 4.29. The number of nitrogens with zero attached hydrogens (tertiary/aromatic N) is 4. The van der Waals surface area contributed by atoms with Gasteiger partial charge in [0.25, 0.3) is 5.91 Å². The molecule has 1 saturated carbocycles. The van der Waals surface area contributed by atoms with Crippen molar-refractivity contribution in [2.45, 2.75) is 25.1 Å². The van der Waals surface area contributed by atoms with Crippen LogP contribution >= 0.6 is 0 Å². The fourth-order valence-corrected chi connectivity index (χ4v) is 4.64. The summed E-state index contributed by atoms with van der Waals surface area (Å²) < 4.78 is 55.2. The van der Waals surface area contributed by atoms with Crippen LogP contribution in [0.3, 0.4) is 0 Å². The normalized spacial score (nSPS) is 17.8. The Balaban J connectivity index is 1.32. The van der Waals surface area contributed by atoms with Crippen LogP contribution in [0.25, 0.3) is 11.4 Å². The van der Waals surface area contributed by atoms with Gasteiger partial charge < -0.3 is 10.0 Å². The van der Waals surface area contributed by atoms with Crippen molar-refractivity contribution in [3.63, 3.8) is 0 Å². The first kappa shape index (κ1) is 20.5. The lowest BCUT2D eigenvalue weighted by Crippen LogP contribution is -2.64. The van der Waals surface area contributed by atoms with E-state index in [2.05, 4.69) is 10.1 Å². The Morgan fingerprint density at radius 2 is 1.88 bits per heavy atom. The highest BCUT2D eigenvalue weighted by molar-refractivity contribution is 5.95. The standard InChI is InChI=1S/C22H18F4N4O2/c23-16-5-4-14(31)7-15(16)20(32)29-11-21(12-29)9-13(10-21)30-18(17-3-1-2-6-27-17)8-19(28-30)22(24,25)26/h1-8,13,31H,9-12H2. The molecule has 0 radical (unpaired) electrons. The Hall–Kier alpha value is -3.43. The number of amides is 1. The Morgan fingerprint density at radius 3 is 2.53 bits per heavy atom. The SMILES string of the molecule is O=C(c1cc(O)ccc1F)N1CC2(CC(n3nc(C(F)(F)F)cc3-c3ccccn3)C2)C1. The van der Waals surface area contributed by atoms with Crippen LogP contribution in [0.1, 0.15) is 34.9 Å². The molecule has 1 spiro atoms. The van der Waals surface area contributed by atoms with Crippen molar-refractivity contribution in [1.29, 1.82) is 0 Å². The number of benzene rings is 1. The van der Waals surface area contributed by atoms with Gasteiger partial charge in [-0.3, -0.25) is 14.5 Å². The number of hydrogen-bond acceptors (Lipinski definition) is 4. The van der Waals surface area contributed by atoms with E-state index in [0.29, 0.717) is 37.3 Å². The van der Waals surface area contributed by atoms with Crippen molar-refractivity contribution in [2.75, 3.05) is 13.1 Å². The van der Waals surface area contributed by atoms with Gasteiger partial charge in [-0.05, 0) is 49.2 Å². The lowest BCUT2D eigenvalue weighted by atomic mass is 9.60. The Kier molecular flexibility index (Phi) is 4.51. The number of hydrogen-bond donors (Lipinski definition) is 1. The average molecular weight is 446 g/mol. The second-order valence-corrected chi connectivity index (χ2v) is 8.46. The van der Waals surface area contributed by atoms with Crippen LogP contribution < -0.4 is 0 Å². The van der Waals surface area contributed by atoms with Crippen LogP contribution in [0.2, 0.25) is 0 Å². The van der Waals surface area contributed by atoms with Crippen LogP contribution in [0.5, 0.6) is 5.75 Å². The number of alkyl halides is 3. The lowest BCUT2D eigenvalue weighted by molar-refractivity contribution is -0.142. The van der Waals surface area contributed by atoms with Crippen molar-refractivity contribution >= 4 is 5.91 Å². The average Bonchev–Trinajstić information content (AvgIpc) is 3.14. The Bertz CT molecular complexity index is 1180. The molecule has 1 aliphatic carbocycles. The minimum Gasteiger partial charge on any atom is -0.508 e. The first-order chi connectivity index (χ1) is 15.2. The molecule has 1 N–H and O–H groups in total. The fraction of sp³-hybridized carbons (Fsp3) is 0.318. The van der Waals surface area contributed by atoms with Crippen molar-refractivity contribution in [3.8, 4) is 17.1 Å². The van der Waals surface area contributed by atoms with Gasteiger partial charge in [0.15, 0.2) is 5.69 Å². The summed E-state index contributed by atoms with van der Waals surface area (Å²) in [5.74, 6) is -1.42. The fourth-order valence-electron chi connectivity index (χ4n) is 4.64. The molecule has 1 saturated heterocycles. The van der Waals surface area contributed by atoms with Gasteiger partial charge >= 0.3 is 6.18 Å². The van der Waals surface area contributed by atoms with Gasteiger partial charge in [0.2, 0.25) is 0 Å². The molecule has 2 aromatic heterocycles. The zero-order chi connectivity index (χ0) is 22.7. The van der Waals surface area contributed by atoms with Gasteiger partial charge in [0, 0.05) is 24.7 Å². The molecule has 0 atom stereocenters. The third-order valence-electron chi connectivity index (χ3n) is 6.16. The summed E-state index contributed by atoms with van der Waals surface area (Å²) in [5.41, 5.74) is -0.689. The maximum Gasteiger partial charge on any atom is 0.435 e. The number of rotatable bonds is 3. The van der Waals surface area contributed by atoms with Crippen molar-refractivity contribution < 1.29 is 27.5 Å². The molecule has 0 unspecified atom stereocenters. The second kappa shape index (κ2) is 7.04. The third-order valence-corrected chi connectivity index (χ3v) is 6.16. The Labute approximate surface area is 180 Å². The van der Waals surface area contributed by atoms with Crippen molar-refractivity contribution in [3.05, 3.63) is 65.7 Å². The number of likely N-dealkylation sites (tertiary alicyclic amines) is 1. The molecule has 2 aliphatic rings.